The maximum absolute atomic E-state index is 13.7. The van der Waals surface area contributed by atoms with Crippen molar-refractivity contribution < 1.29 is 0 Å². The monoisotopic (exact) mass is 457 g/mol. The second kappa shape index (κ2) is 8.83. The number of nitrogens with one attached hydrogen (secondary N) is 1. The fraction of sp³-hybridized carbons (Fsp3) is 0.269. The van der Waals surface area contributed by atoms with E-state index in [9.17, 15) is 4.79 Å². The lowest BCUT2D eigenvalue weighted by atomic mass is 9.97. The van der Waals surface area contributed by atoms with Gasteiger partial charge in [0.25, 0.3) is 5.56 Å². The van der Waals surface area contributed by atoms with Crippen LogP contribution in [0.15, 0.2) is 58.4 Å². The molecule has 0 saturated carbocycles. The third-order valence-corrected chi connectivity index (χ3v) is 7.25. The van der Waals surface area contributed by atoms with E-state index in [1.54, 1.807) is 22.1 Å². The number of nitrogens with zero attached hydrogens (tertiary/aromatic N) is 4. The van der Waals surface area contributed by atoms with Gasteiger partial charge in [0.2, 0.25) is 5.95 Å². The Balaban J connectivity index is 1.57. The van der Waals surface area contributed by atoms with E-state index in [4.69, 9.17) is 4.98 Å². The Labute approximate surface area is 197 Å². The number of thiophene rings is 1. The summed E-state index contributed by atoms with van der Waals surface area (Å²) in [5, 5.41) is 5.18. The van der Waals surface area contributed by atoms with E-state index in [1.807, 2.05) is 69.6 Å². The first kappa shape index (κ1) is 21.4. The normalized spacial score (nSPS) is 13.4. The number of fused-ring (bicyclic) bond motifs is 3. The first-order valence-electron chi connectivity index (χ1n) is 11.2. The minimum atomic E-state index is -0.0312. The van der Waals surface area contributed by atoms with Crippen LogP contribution >= 0.6 is 11.3 Å². The molecule has 2 heterocycles. The molecule has 0 atom stereocenters. The fourth-order valence-electron chi connectivity index (χ4n) is 4.24. The molecule has 0 fully saturated rings. The zero-order chi connectivity index (χ0) is 22.9. The third kappa shape index (κ3) is 4.16. The highest BCUT2D eigenvalue weighted by atomic mass is 32.1. The molecular weight excluding hydrogens is 430 g/mol. The van der Waals surface area contributed by atoms with Gasteiger partial charge >= 0.3 is 0 Å². The maximum atomic E-state index is 13.7. The SMILES string of the molecule is Cc1ccc(-n2c(N/N=C/c3ccc(N(C)C)cc3)nc3sc4c(c3c2=O)CCCC4)cc1. The van der Waals surface area contributed by atoms with Gasteiger partial charge in [-0.15, -0.1) is 11.3 Å². The lowest BCUT2D eigenvalue weighted by Gasteiger charge is -2.13. The number of rotatable bonds is 5. The van der Waals surface area contributed by atoms with Crippen LogP contribution in [0.3, 0.4) is 0 Å². The second-order valence-electron chi connectivity index (χ2n) is 8.66. The number of hydrogen-bond donors (Lipinski definition) is 1. The molecular formula is C26H27N5OS. The molecule has 0 aliphatic heterocycles. The van der Waals surface area contributed by atoms with Crippen LogP contribution in [-0.2, 0) is 12.8 Å². The molecule has 2 aromatic heterocycles. The lowest BCUT2D eigenvalue weighted by Crippen LogP contribution is -2.23. The van der Waals surface area contributed by atoms with Gasteiger partial charge in [-0.25, -0.2) is 15.0 Å². The number of aryl methyl sites for hydroxylation is 3. The van der Waals surface area contributed by atoms with E-state index in [2.05, 4.69) is 15.4 Å². The summed E-state index contributed by atoms with van der Waals surface area (Å²) in [6.07, 6.45) is 6.03. The largest absolute Gasteiger partial charge is 0.378 e. The van der Waals surface area contributed by atoms with Crippen molar-refractivity contribution in [3.8, 4) is 5.69 Å². The maximum Gasteiger partial charge on any atom is 0.268 e. The Hall–Kier alpha value is -3.45. The molecule has 0 spiro atoms. The summed E-state index contributed by atoms with van der Waals surface area (Å²) < 4.78 is 1.65. The Kier molecular flexibility index (Phi) is 5.72. The van der Waals surface area contributed by atoms with Crippen molar-refractivity contribution in [3.05, 3.63) is 80.5 Å². The van der Waals surface area contributed by atoms with Crippen molar-refractivity contribution in [2.75, 3.05) is 24.4 Å². The Morgan fingerprint density at radius 1 is 1.06 bits per heavy atom. The first-order valence-corrected chi connectivity index (χ1v) is 12.0. The molecule has 0 unspecified atom stereocenters. The molecule has 0 bridgehead atoms. The van der Waals surface area contributed by atoms with Crippen LogP contribution in [0.1, 0.15) is 34.4 Å². The Bertz CT molecular complexity index is 1380. The van der Waals surface area contributed by atoms with E-state index >= 15 is 0 Å². The molecule has 5 rings (SSSR count). The molecule has 33 heavy (non-hydrogen) atoms. The highest BCUT2D eigenvalue weighted by molar-refractivity contribution is 7.18. The Morgan fingerprint density at radius 3 is 2.52 bits per heavy atom. The van der Waals surface area contributed by atoms with Gasteiger partial charge in [-0.3, -0.25) is 4.79 Å². The average molecular weight is 458 g/mol. The topological polar surface area (TPSA) is 62.5 Å². The highest BCUT2D eigenvalue weighted by Crippen LogP contribution is 2.34. The van der Waals surface area contributed by atoms with E-state index in [-0.39, 0.29) is 5.56 Å². The van der Waals surface area contributed by atoms with Crippen molar-refractivity contribution in [2.45, 2.75) is 32.6 Å². The molecule has 2 aromatic carbocycles. The van der Waals surface area contributed by atoms with Crippen LogP contribution in [0.4, 0.5) is 11.6 Å². The number of hydrazone groups is 1. The van der Waals surface area contributed by atoms with Gasteiger partial charge in [0.15, 0.2) is 0 Å². The van der Waals surface area contributed by atoms with Gasteiger partial charge < -0.3 is 4.90 Å². The van der Waals surface area contributed by atoms with Gasteiger partial charge in [0.1, 0.15) is 4.83 Å². The summed E-state index contributed by atoms with van der Waals surface area (Å²) >= 11 is 1.65. The lowest BCUT2D eigenvalue weighted by molar-refractivity contribution is 0.699. The summed E-state index contributed by atoms with van der Waals surface area (Å²) in [5.74, 6) is 0.427. The van der Waals surface area contributed by atoms with Gasteiger partial charge in [0.05, 0.1) is 17.3 Å². The van der Waals surface area contributed by atoms with Crippen molar-refractivity contribution >= 4 is 39.4 Å². The van der Waals surface area contributed by atoms with Crippen molar-refractivity contribution in [3.63, 3.8) is 0 Å². The van der Waals surface area contributed by atoms with E-state index in [1.165, 1.54) is 16.9 Å². The molecule has 1 aliphatic carbocycles. The van der Waals surface area contributed by atoms with E-state index in [0.29, 0.717) is 5.95 Å². The fourth-order valence-corrected chi connectivity index (χ4v) is 5.49. The molecule has 1 aliphatic rings. The summed E-state index contributed by atoms with van der Waals surface area (Å²) in [4.78, 5) is 22.7. The summed E-state index contributed by atoms with van der Waals surface area (Å²) in [6.45, 7) is 2.04. The van der Waals surface area contributed by atoms with Crippen LogP contribution in [0, 0.1) is 6.92 Å². The number of hydrogen-bond acceptors (Lipinski definition) is 6. The van der Waals surface area contributed by atoms with Crippen LogP contribution in [-0.4, -0.2) is 29.9 Å². The van der Waals surface area contributed by atoms with Crippen LogP contribution in [0.2, 0.25) is 0 Å². The third-order valence-electron chi connectivity index (χ3n) is 6.07. The molecule has 0 radical (unpaired) electrons. The number of anilines is 2. The van der Waals surface area contributed by atoms with Crippen molar-refractivity contribution in [2.24, 2.45) is 5.10 Å². The highest BCUT2D eigenvalue weighted by Gasteiger charge is 2.22. The van der Waals surface area contributed by atoms with Crippen LogP contribution in [0.5, 0.6) is 0 Å². The number of aromatic nitrogens is 2. The summed E-state index contributed by atoms with van der Waals surface area (Å²) in [5.41, 5.74) is 8.21. The minimum absolute atomic E-state index is 0.0312. The average Bonchev–Trinajstić information content (AvgIpc) is 3.19. The summed E-state index contributed by atoms with van der Waals surface area (Å²) in [6, 6.07) is 16.0. The van der Waals surface area contributed by atoms with Crippen LogP contribution < -0.4 is 15.9 Å². The molecule has 4 aromatic rings. The zero-order valence-electron chi connectivity index (χ0n) is 19.1. The second-order valence-corrected chi connectivity index (χ2v) is 9.74. The molecule has 168 valence electrons. The standard InChI is InChI=1S/C26H27N5OS/c1-17-8-12-20(13-9-17)31-25(32)23-21-6-4-5-7-22(21)33-24(23)28-26(31)29-27-16-18-10-14-19(15-11-18)30(2)3/h8-16H,4-7H2,1-3H3,(H,28,29)/b27-16+. The van der Waals surface area contributed by atoms with Crippen LogP contribution in [0.25, 0.3) is 15.9 Å². The van der Waals surface area contributed by atoms with E-state index in [0.717, 1.165) is 52.0 Å². The van der Waals surface area contributed by atoms with Gasteiger partial charge in [-0.2, -0.15) is 5.10 Å². The Morgan fingerprint density at radius 2 is 1.79 bits per heavy atom. The van der Waals surface area contributed by atoms with Gasteiger partial charge in [-0.1, -0.05) is 29.8 Å². The predicted molar refractivity (Wildman–Crippen MR) is 139 cm³/mol. The predicted octanol–water partition coefficient (Wildman–Crippen LogP) is 5.15. The smallest absolute Gasteiger partial charge is 0.268 e. The van der Waals surface area contributed by atoms with Gasteiger partial charge in [-0.05, 0) is 68.0 Å². The van der Waals surface area contributed by atoms with Gasteiger partial charge in [0, 0.05) is 24.7 Å². The van der Waals surface area contributed by atoms with E-state index < -0.39 is 0 Å². The van der Waals surface area contributed by atoms with Crippen molar-refractivity contribution in [1.29, 1.82) is 0 Å². The summed E-state index contributed by atoms with van der Waals surface area (Å²) in [7, 11) is 4.03. The molecule has 7 heteroatoms. The molecule has 1 N–H and O–H groups in total. The first-order chi connectivity index (χ1) is 16.0. The minimum Gasteiger partial charge on any atom is -0.378 e. The quantitative estimate of drug-likeness (QED) is 0.333. The number of benzene rings is 2. The molecule has 0 saturated heterocycles. The molecule has 6 nitrogen and oxygen atoms in total. The van der Waals surface area contributed by atoms with Crippen molar-refractivity contribution in [1.82, 2.24) is 9.55 Å². The molecule has 0 amide bonds. The zero-order valence-corrected chi connectivity index (χ0v) is 19.9.